The van der Waals surface area contributed by atoms with Gasteiger partial charge in [-0.3, -0.25) is 0 Å². The first-order valence-electron chi connectivity index (χ1n) is 48.7. The molecule has 726 valence electrons. The molecule has 0 bridgehead atoms. The van der Waals surface area contributed by atoms with Crippen LogP contribution in [0.2, 0.25) is 29.6 Å². The SMILES string of the molecule is CCCCCCCCC(CCCCCC)COc1c(OCC(CC)CCCC)c(Br)c2nsnc2c1Br.CCCCCCCCC(CCCCCC)COc1c(OCC(CC)CCCC)c(C2CC=C(c3ccc(-c4cc(C(=O)OC)c(-c5ccc(-c6ccc(C)s6)s5)s4)s3)S2)c2nsnc2c1C.COC(=O)c1cc(Br)sc1Br.[CH3][Sn]([CH3])([CH3])[c]1ccc(-c2cc[c]([Sn]([CH3])([CH3])[CH3])s2)s1. The molecular formula is C104H146Br4N4O8S10Sn2. The van der Waals surface area contributed by atoms with Gasteiger partial charge in [0.15, 0.2) is 23.0 Å². The van der Waals surface area contributed by atoms with E-state index < -0.39 is 36.8 Å². The van der Waals surface area contributed by atoms with E-state index in [2.05, 4.69) is 243 Å². The molecule has 1 aliphatic rings. The van der Waals surface area contributed by atoms with Gasteiger partial charge in [0.1, 0.15) is 22.1 Å². The third-order valence-corrected chi connectivity index (χ3v) is 57.0. The number of aromatic nitrogens is 4. The number of thiophene rings is 7. The number of ether oxygens (including phenoxy) is 6. The first-order chi connectivity index (χ1) is 63.6. The van der Waals surface area contributed by atoms with Crippen LogP contribution >= 0.6 is 178 Å². The Morgan fingerprint density at radius 2 is 0.780 bits per heavy atom. The number of halogens is 4. The summed E-state index contributed by atoms with van der Waals surface area (Å²) in [6, 6.07) is 26.3. The number of aryl methyl sites for hydroxylation is 2. The fourth-order valence-corrected chi connectivity index (χ4v) is 39.8. The Bertz CT molecular complexity index is 5240. The number of hydrogen-bond acceptors (Lipinski definition) is 22. The maximum atomic E-state index is 13.2. The van der Waals surface area contributed by atoms with Crippen molar-refractivity contribution in [1.82, 2.24) is 17.5 Å². The second kappa shape index (κ2) is 59.6. The first kappa shape index (κ1) is 113. The van der Waals surface area contributed by atoms with E-state index in [9.17, 15) is 9.59 Å². The van der Waals surface area contributed by atoms with Crippen molar-refractivity contribution in [3.63, 3.8) is 0 Å². The molecule has 11 aromatic rings. The van der Waals surface area contributed by atoms with Crippen LogP contribution in [0.3, 0.4) is 0 Å². The van der Waals surface area contributed by atoms with Gasteiger partial charge in [0.25, 0.3) is 0 Å². The number of fused-ring (bicyclic) bond motifs is 2. The standard InChI is InChI=1S/C54H70N2O4S6.C30H50Br2N2O2S.C8H4S2.C6H4Br2O2S.6CH3.2Sn/c1-8-12-15-17-18-20-23-38(22-19-16-13-9-2)34-59-51-36(6)49-50(56-66-55-49)48(52(51)60-33-37(11-4)21-14-10-3)45-30-28-43(63-45)42-26-27-44(62-42)47-32-39(54(57)58-7)53(65-47)46-31-29-41(64-46)40-25-24-35(5)61-40;1-5-9-12-14-15-17-20-24(19-16-13-10-6-2)22-36-30-26(32)28-27(33-37-34-28)25(31)29(30)35-21-23(8-4)18-11-7-3;1-3-7(9-5-1)8-4-2-6-10-8;1-10-6(9)3-2-4(7)11-5(3)8;;;;;;;;/h24-29,31-32,37-38,45H,8-23,30,33-34H2,1-7H3;23-24H,5-22H2,1-4H3;1-4H;2H,1H3;6*1H3;;. The zero-order chi connectivity index (χ0) is 95.3. The average molecular weight is 2460 g/mol. The summed E-state index contributed by atoms with van der Waals surface area (Å²) in [6.07, 6.45) is 43.8. The Labute approximate surface area is 874 Å². The van der Waals surface area contributed by atoms with Gasteiger partial charge < -0.3 is 28.4 Å². The van der Waals surface area contributed by atoms with E-state index in [1.807, 2.05) is 40.5 Å². The molecule has 0 aliphatic carbocycles. The quantitative estimate of drug-likeness (QED) is 0.0203. The molecule has 12 nitrogen and oxygen atoms in total. The molecule has 2 aromatic carbocycles. The predicted octanol–water partition coefficient (Wildman–Crippen LogP) is 38.0. The van der Waals surface area contributed by atoms with E-state index in [-0.39, 0.29) is 17.2 Å². The molecule has 0 spiro atoms. The third kappa shape index (κ3) is 34.5. The van der Waals surface area contributed by atoms with Crippen molar-refractivity contribution in [1.29, 1.82) is 0 Å². The topological polar surface area (TPSA) is 141 Å². The van der Waals surface area contributed by atoms with Crippen LogP contribution in [0.1, 0.15) is 314 Å². The molecule has 1 aliphatic heterocycles. The zero-order valence-electron chi connectivity index (χ0n) is 81.7. The van der Waals surface area contributed by atoms with E-state index >= 15 is 0 Å². The third-order valence-electron chi connectivity index (χ3n) is 24.3. The van der Waals surface area contributed by atoms with Crippen molar-refractivity contribution in [2.24, 2.45) is 23.7 Å². The summed E-state index contributed by atoms with van der Waals surface area (Å²) < 4.78 is 63.0. The maximum absolute atomic E-state index is 13.2. The van der Waals surface area contributed by atoms with Crippen LogP contribution < -0.4 is 24.7 Å². The van der Waals surface area contributed by atoms with E-state index in [0.717, 1.165) is 125 Å². The fourth-order valence-electron chi connectivity index (χ4n) is 16.1. The van der Waals surface area contributed by atoms with Crippen LogP contribution in [0.4, 0.5) is 0 Å². The Kier molecular flexibility index (Phi) is 51.2. The summed E-state index contributed by atoms with van der Waals surface area (Å²) in [5.74, 6) is 4.80. The molecule has 5 unspecified atom stereocenters. The summed E-state index contributed by atoms with van der Waals surface area (Å²) in [6.45, 7) is 25.3. The van der Waals surface area contributed by atoms with Gasteiger partial charge in [0.2, 0.25) is 0 Å². The molecule has 0 radical (unpaired) electrons. The van der Waals surface area contributed by atoms with Gasteiger partial charge in [-0.15, -0.1) is 68.4 Å². The van der Waals surface area contributed by atoms with Gasteiger partial charge >= 0.3 is 141 Å². The molecule has 0 fully saturated rings. The van der Waals surface area contributed by atoms with Gasteiger partial charge in [-0.1, -0.05) is 228 Å². The zero-order valence-corrected chi connectivity index (χ0v) is 102. The van der Waals surface area contributed by atoms with Gasteiger partial charge in [0, 0.05) is 55.4 Å². The molecule has 28 heteroatoms. The van der Waals surface area contributed by atoms with Crippen LogP contribution in [0.15, 0.2) is 95.4 Å². The van der Waals surface area contributed by atoms with Crippen LogP contribution in [-0.2, 0) is 9.47 Å². The number of unbranched alkanes of at least 4 members (excludes halogenated alkanes) is 18. The van der Waals surface area contributed by atoms with Gasteiger partial charge in [-0.2, -0.15) is 17.5 Å². The minimum absolute atomic E-state index is 0.109. The summed E-state index contributed by atoms with van der Waals surface area (Å²) in [4.78, 5) is 52.6. The molecule has 12 rings (SSSR count). The van der Waals surface area contributed by atoms with Crippen molar-refractivity contribution in [2.75, 3.05) is 40.6 Å². The summed E-state index contributed by atoms with van der Waals surface area (Å²) in [5.41, 5.74) is 6.93. The minimum atomic E-state index is -1.86. The van der Waals surface area contributed by atoms with E-state index in [0.29, 0.717) is 54.6 Å². The van der Waals surface area contributed by atoms with Crippen molar-refractivity contribution in [2.45, 2.75) is 316 Å². The Morgan fingerprint density at radius 1 is 0.394 bits per heavy atom. The number of thioether (sulfide) groups is 1. The Balaban J connectivity index is 0.000000245. The fraction of sp³-hybridized carbons (Fsp3) is 0.577. The van der Waals surface area contributed by atoms with Gasteiger partial charge in [-0.25, -0.2) is 9.59 Å². The van der Waals surface area contributed by atoms with Crippen LogP contribution in [-0.4, -0.2) is 107 Å². The van der Waals surface area contributed by atoms with E-state index in [1.54, 1.807) is 57.2 Å². The van der Waals surface area contributed by atoms with E-state index in [4.69, 9.17) is 32.4 Å². The number of benzene rings is 2. The number of rotatable bonds is 54. The van der Waals surface area contributed by atoms with Crippen molar-refractivity contribution in [3.8, 4) is 62.0 Å². The molecule has 9 aromatic heterocycles. The molecule has 10 heterocycles. The summed E-state index contributed by atoms with van der Waals surface area (Å²) >= 11 is 27.3. The number of carbonyl (C=O) groups excluding carboxylic acids is 2. The molecule has 5 atom stereocenters. The molecule has 0 saturated heterocycles. The summed E-state index contributed by atoms with van der Waals surface area (Å²) in [7, 11) is 2.83. The van der Waals surface area contributed by atoms with Crippen molar-refractivity contribution in [3.05, 3.63) is 127 Å². The summed E-state index contributed by atoms with van der Waals surface area (Å²) in [5, 5.41) is 0.109. The molecule has 0 N–H and O–H groups in total. The second-order valence-electron chi connectivity index (χ2n) is 37.1. The van der Waals surface area contributed by atoms with Crippen molar-refractivity contribution < 1.29 is 38.0 Å². The van der Waals surface area contributed by atoms with E-state index in [1.165, 1.54) is 269 Å². The van der Waals surface area contributed by atoms with Crippen molar-refractivity contribution >= 4 is 260 Å². The number of methoxy groups -OCH3 is 2. The number of carbonyl (C=O) groups is 2. The van der Waals surface area contributed by atoms with Crippen LogP contribution in [0, 0.1) is 37.5 Å². The number of esters is 2. The second-order valence-corrected chi connectivity index (χ2v) is 82.2. The molecule has 0 amide bonds. The first-order valence-corrected chi connectivity index (χ1v) is 79.9. The Hall–Kier alpha value is -2.27. The van der Waals surface area contributed by atoms with Gasteiger partial charge in [0.05, 0.1) is 96.6 Å². The molecular weight excluding hydrogens is 2310 g/mol. The van der Waals surface area contributed by atoms with Crippen LogP contribution in [0.25, 0.3) is 66.0 Å². The van der Waals surface area contributed by atoms with Gasteiger partial charge in [-0.05, 0) is 195 Å². The molecule has 132 heavy (non-hydrogen) atoms. The monoisotopic (exact) mass is 2450 g/mol. The van der Waals surface area contributed by atoms with Crippen LogP contribution in [0.5, 0.6) is 23.0 Å². The normalized spacial score (nSPS) is 13.7. The number of nitrogens with zero attached hydrogens (tertiary/aromatic N) is 4. The number of hydrogen-bond donors (Lipinski definition) is 0. The molecule has 0 saturated carbocycles. The predicted molar refractivity (Wildman–Crippen MR) is 602 cm³/mol. The average Bonchev–Trinajstić information content (AvgIpc) is 1.59. The Morgan fingerprint density at radius 3 is 1.23 bits per heavy atom. The number of allylic oxidation sites excluding steroid dienone is 1.